The van der Waals surface area contributed by atoms with Crippen molar-refractivity contribution in [3.63, 3.8) is 0 Å². The van der Waals surface area contributed by atoms with Crippen molar-refractivity contribution in [2.24, 2.45) is 5.73 Å². The van der Waals surface area contributed by atoms with E-state index in [0.717, 1.165) is 6.41 Å². The van der Waals surface area contributed by atoms with Crippen LogP contribution in [0.5, 0.6) is 0 Å². The number of rotatable bonds is 0. The van der Waals surface area contributed by atoms with Crippen molar-refractivity contribution in [3.05, 3.63) is 27.7 Å². The molecule has 0 fully saturated rings. The van der Waals surface area contributed by atoms with Crippen molar-refractivity contribution in [1.82, 2.24) is 0 Å². The van der Waals surface area contributed by atoms with Crippen molar-refractivity contribution in [2.45, 2.75) is 27.7 Å². The van der Waals surface area contributed by atoms with E-state index in [4.69, 9.17) is 4.79 Å². The zero-order valence-corrected chi connectivity index (χ0v) is 12.4. The van der Waals surface area contributed by atoms with Gasteiger partial charge in [0.25, 0.3) is 0 Å². The Labute approximate surface area is 98.1 Å². The Morgan fingerprint density at radius 1 is 0.833 bits per heavy atom. The van der Waals surface area contributed by atoms with Crippen LogP contribution in [0.1, 0.15) is 27.7 Å². The zero-order chi connectivity index (χ0) is 10.7. The van der Waals surface area contributed by atoms with E-state index in [2.05, 4.69) is 33.4 Å². The molecule has 0 heterocycles. The van der Waals surface area contributed by atoms with Crippen molar-refractivity contribution in [1.29, 1.82) is 0 Å². The second-order valence-corrected chi connectivity index (χ2v) is 0.118. The minimum Gasteiger partial charge on any atom is -0.543 e. The Kier molecular flexibility index (Phi) is 2220. The van der Waals surface area contributed by atoms with Crippen molar-refractivity contribution in [3.8, 4) is 0 Å². The first kappa shape index (κ1) is 39.5. The van der Waals surface area contributed by atoms with Gasteiger partial charge >= 0.3 is 0 Å². The number of nitrogens with two attached hydrogens (primary N) is 1. The van der Waals surface area contributed by atoms with Crippen LogP contribution < -0.4 is 5.73 Å². The first-order valence-electron chi connectivity index (χ1n) is 3.32. The van der Waals surface area contributed by atoms with Gasteiger partial charge in [-0.2, -0.15) is 34.1 Å². The molecule has 0 unspecified atom stereocenters. The van der Waals surface area contributed by atoms with E-state index in [1.165, 1.54) is 0 Å². The standard InChI is InChI=1S/4C2H5.CH2NO.Hf/c4*1-2;2-1-3;/h4*1H2,2H3;(H2,2,3);/q5*-1;. The molecule has 0 aromatic carbocycles. The van der Waals surface area contributed by atoms with Crippen LogP contribution in [0.15, 0.2) is 0 Å². The summed E-state index contributed by atoms with van der Waals surface area (Å²) in [4.78, 5) is 8.46. The van der Waals surface area contributed by atoms with E-state index < -0.39 is 0 Å². The van der Waals surface area contributed by atoms with Gasteiger partial charge in [-0.3, -0.25) is 0 Å². The topological polar surface area (TPSA) is 43.1 Å². The summed E-state index contributed by atoms with van der Waals surface area (Å²) in [5.41, 5.74) is 4.04. The van der Waals surface area contributed by atoms with Gasteiger partial charge in [-0.25, -0.2) is 0 Å². The maximum absolute atomic E-state index is 8.46. The van der Waals surface area contributed by atoms with Crippen LogP contribution >= 0.6 is 0 Å². The molecule has 0 spiro atoms. The predicted octanol–water partition coefficient (Wildman–Crippen LogP) is 2.37. The molecular formula is C9H22HfNO-5. The molecule has 12 heavy (non-hydrogen) atoms. The van der Waals surface area contributed by atoms with Gasteiger partial charge in [-0.1, -0.05) is 0 Å². The quantitative estimate of drug-likeness (QED) is 0.411. The molecule has 2 nitrogen and oxygen atoms in total. The van der Waals surface area contributed by atoms with Crippen LogP contribution in [0.4, 0.5) is 0 Å². The summed E-state index contributed by atoms with van der Waals surface area (Å²) >= 11 is 0. The third kappa shape index (κ3) is 7800. The van der Waals surface area contributed by atoms with Gasteiger partial charge in [0.1, 0.15) is 0 Å². The Hall–Kier alpha value is 0.340. The van der Waals surface area contributed by atoms with Gasteiger partial charge in [0.15, 0.2) is 0 Å². The normalized spacial score (nSPS) is 3.00. The molecule has 0 radical (unpaired) electrons. The van der Waals surface area contributed by atoms with Crippen molar-refractivity contribution in [2.75, 3.05) is 0 Å². The fourth-order valence-corrected chi connectivity index (χ4v) is 0. The number of amides is 1. The summed E-state index contributed by atoms with van der Waals surface area (Å²) in [7, 11) is 0. The summed E-state index contributed by atoms with van der Waals surface area (Å²) < 4.78 is 0. The second kappa shape index (κ2) is 675. The van der Waals surface area contributed by atoms with Crippen LogP contribution in [0.25, 0.3) is 0 Å². The molecule has 0 aromatic rings. The van der Waals surface area contributed by atoms with Gasteiger partial charge in [-0.05, 0) is 0 Å². The van der Waals surface area contributed by atoms with Gasteiger partial charge in [-0.15, -0.1) is 0 Å². The predicted molar refractivity (Wildman–Crippen MR) is 54.0 cm³/mol. The van der Waals surface area contributed by atoms with E-state index in [-0.39, 0.29) is 25.8 Å². The Morgan fingerprint density at radius 3 is 0.833 bits per heavy atom. The summed E-state index contributed by atoms with van der Waals surface area (Å²) in [6.07, 6.45) is 1.00. The van der Waals surface area contributed by atoms with Crippen molar-refractivity contribution < 1.29 is 30.6 Å². The van der Waals surface area contributed by atoms with Crippen LogP contribution in [0.2, 0.25) is 0 Å². The SMILES string of the molecule is N[C-]=O.[CH2-]C.[CH2-]C.[CH2-]C.[CH2-]C.[Hf]. The fourth-order valence-electron chi connectivity index (χ4n) is 0. The summed E-state index contributed by atoms with van der Waals surface area (Å²) in [5.74, 6) is 0. The van der Waals surface area contributed by atoms with Crippen LogP contribution in [-0.4, -0.2) is 6.41 Å². The summed E-state index contributed by atoms with van der Waals surface area (Å²) in [6.45, 7) is 20.0. The molecule has 0 bridgehead atoms. The van der Waals surface area contributed by atoms with Crippen molar-refractivity contribution >= 4 is 6.41 Å². The third-order valence-corrected chi connectivity index (χ3v) is 0. The third-order valence-electron chi connectivity index (χ3n) is 0. The number of primary amides is 1. The molecule has 0 aliphatic heterocycles. The molecule has 3 heteroatoms. The molecular weight excluding hydrogens is 317 g/mol. The molecule has 2 N–H and O–H groups in total. The smallest absolute Gasteiger partial charge is 0 e. The minimum absolute atomic E-state index is 0. The van der Waals surface area contributed by atoms with Gasteiger partial charge in [0.05, 0.1) is 0 Å². The molecule has 0 aromatic heterocycles. The van der Waals surface area contributed by atoms with Crippen LogP contribution in [0, 0.1) is 27.7 Å². The first-order chi connectivity index (χ1) is 5.41. The minimum atomic E-state index is 0. The van der Waals surface area contributed by atoms with E-state index in [9.17, 15) is 0 Å². The molecule has 0 saturated heterocycles. The summed E-state index contributed by atoms with van der Waals surface area (Å²) in [5, 5.41) is 0. The Balaban J connectivity index is -0.00000000933. The van der Waals surface area contributed by atoms with E-state index in [0.29, 0.717) is 0 Å². The molecule has 0 atom stereocenters. The molecule has 0 saturated carbocycles. The Morgan fingerprint density at radius 2 is 0.833 bits per heavy atom. The number of hydrogen-bond acceptors (Lipinski definition) is 1. The molecule has 0 aliphatic carbocycles. The van der Waals surface area contributed by atoms with Gasteiger partial charge in [0, 0.05) is 25.8 Å². The molecule has 78 valence electrons. The largest absolute Gasteiger partial charge is 0.543 e. The fraction of sp³-hybridized carbons (Fsp3) is 0.444. The summed E-state index contributed by atoms with van der Waals surface area (Å²) in [6, 6.07) is 0. The molecule has 0 rings (SSSR count). The Bertz CT molecular complexity index is 22.0. The molecule has 1 amide bonds. The van der Waals surface area contributed by atoms with E-state index in [1.807, 2.05) is 0 Å². The van der Waals surface area contributed by atoms with Gasteiger partial charge in [0.2, 0.25) is 0 Å². The number of carbonyl (C=O) groups excluding carboxylic acids is 1. The van der Waals surface area contributed by atoms with Gasteiger partial charge < -0.3 is 38.2 Å². The maximum atomic E-state index is 8.46. The number of hydrogen-bond donors (Lipinski definition) is 1. The average Bonchev–Trinajstić information content (AvgIpc) is 2.18. The first-order valence-corrected chi connectivity index (χ1v) is 3.32. The second-order valence-electron chi connectivity index (χ2n) is 0.118. The zero-order valence-electron chi connectivity index (χ0n) is 8.81. The van der Waals surface area contributed by atoms with E-state index >= 15 is 0 Å². The monoisotopic (exact) mass is 340 g/mol. The van der Waals surface area contributed by atoms with Crippen LogP contribution in [0.3, 0.4) is 0 Å². The maximum Gasteiger partial charge on any atom is 0 e. The molecule has 0 aliphatic rings. The average molecular weight is 339 g/mol. The van der Waals surface area contributed by atoms with Crippen LogP contribution in [-0.2, 0) is 30.6 Å². The van der Waals surface area contributed by atoms with E-state index in [1.54, 1.807) is 27.7 Å².